The number of rotatable bonds is 4. The van der Waals surface area contributed by atoms with Gasteiger partial charge in [0.05, 0.1) is 5.56 Å². The van der Waals surface area contributed by atoms with Gasteiger partial charge in [0, 0.05) is 37.1 Å². The number of hydrogen-bond donors (Lipinski definition) is 0. The van der Waals surface area contributed by atoms with E-state index < -0.39 is 0 Å². The van der Waals surface area contributed by atoms with Gasteiger partial charge >= 0.3 is 0 Å². The summed E-state index contributed by atoms with van der Waals surface area (Å²) < 4.78 is 0.824. The Morgan fingerprint density at radius 2 is 1.62 bits per heavy atom. The van der Waals surface area contributed by atoms with E-state index in [9.17, 15) is 9.59 Å². The smallest absolute Gasteiger partial charge is 0.255 e. The minimum atomic E-state index is 0.0422. The van der Waals surface area contributed by atoms with Crippen LogP contribution in [0.15, 0.2) is 28.7 Å². The molecule has 24 heavy (non-hydrogen) atoms. The van der Waals surface area contributed by atoms with Crippen molar-refractivity contribution in [2.45, 2.75) is 38.5 Å². The van der Waals surface area contributed by atoms with E-state index in [0.29, 0.717) is 38.2 Å². The Morgan fingerprint density at radius 1 is 1.00 bits per heavy atom. The number of amides is 2. The molecule has 0 atom stereocenters. The molecule has 1 saturated heterocycles. The summed E-state index contributed by atoms with van der Waals surface area (Å²) in [5.41, 5.74) is 0.693. The molecule has 0 N–H and O–H groups in total. The lowest BCUT2D eigenvalue weighted by atomic mass is 10.0. The number of carbonyl (C=O) groups is 2. The summed E-state index contributed by atoms with van der Waals surface area (Å²) in [6, 6.07) is 7.50. The third-order valence-electron chi connectivity index (χ3n) is 5.27. The molecule has 5 heteroatoms. The normalized spacial score (nSPS) is 18.9. The highest BCUT2D eigenvalue weighted by Gasteiger charge is 2.26. The molecule has 4 nitrogen and oxygen atoms in total. The van der Waals surface area contributed by atoms with Gasteiger partial charge in [-0.05, 0) is 40.4 Å². The molecule has 2 amide bonds. The van der Waals surface area contributed by atoms with Gasteiger partial charge < -0.3 is 9.80 Å². The zero-order valence-electron chi connectivity index (χ0n) is 14.0. The zero-order chi connectivity index (χ0) is 16.9. The first-order chi connectivity index (χ1) is 11.6. The Bertz CT molecular complexity index is 591. The monoisotopic (exact) mass is 392 g/mol. The van der Waals surface area contributed by atoms with E-state index in [1.165, 1.54) is 25.7 Å². The van der Waals surface area contributed by atoms with Gasteiger partial charge in [-0.1, -0.05) is 37.8 Å². The first-order valence-corrected chi connectivity index (χ1v) is 9.76. The van der Waals surface area contributed by atoms with Gasteiger partial charge in [0.25, 0.3) is 5.91 Å². The Labute approximate surface area is 152 Å². The van der Waals surface area contributed by atoms with Crippen molar-refractivity contribution in [3.8, 4) is 0 Å². The molecule has 130 valence electrons. The third-order valence-corrected chi connectivity index (χ3v) is 5.96. The van der Waals surface area contributed by atoms with Crippen LogP contribution in [-0.4, -0.2) is 47.8 Å². The number of carbonyl (C=O) groups excluding carboxylic acids is 2. The standard InChI is InChI=1S/C19H25BrN2O2/c20-17-8-4-3-7-16(17)19(24)22-13-11-21(12-14-22)18(23)10-9-15-5-1-2-6-15/h3-4,7-8,15H,1-2,5-6,9-14H2. The summed E-state index contributed by atoms with van der Waals surface area (Å²) in [6.07, 6.45) is 6.95. The lowest BCUT2D eigenvalue weighted by Gasteiger charge is -2.35. The van der Waals surface area contributed by atoms with Gasteiger partial charge in [0.1, 0.15) is 0 Å². The van der Waals surface area contributed by atoms with Crippen LogP contribution in [0.4, 0.5) is 0 Å². The summed E-state index contributed by atoms with van der Waals surface area (Å²) in [4.78, 5) is 28.7. The molecule has 1 aliphatic carbocycles. The van der Waals surface area contributed by atoms with E-state index in [0.717, 1.165) is 16.8 Å². The van der Waals surface area contributed by atoms with Crippen LogP contribution < -0.4 is 0 Å². The molecular weight excluding hydrogens is 368 g/mol. The van der Waals surface area contributed by atoms with Crippen LogP contribution in [0.25, 0.3) is 0 Å². The minimum absolute atomic E-state index is 0.0422. The quantitative estimate of drug-likeness (QED) is 0.783. The van der Waals surface area contributed by atoms with E-state index in [-0.39, 0.29) is 11.8 Å². The SMILES string of the molecule is O=C(CCC1CCCC1)N1CCN(C(=O)c2ccccc2Br)CC1. The lowest BCUT2D eigenvalue weighted by Crippen LogP contribution is -2.50. The van der Waals surface area contributed by atoms with Gasteiger partial charge in [-0.2, -0.15) is 0 Å². The van der Waals surface area contributed by atoms with E-state index in [1.54, 1.807) is 0 Å². The first-order valence-electron chi connectivity index (χ1n) is 8.97. The van der Waals surface area contributed by atoms with Crippen LogP contribution in [0.2, 0.25) is 0 Å². The minimum Gasteiger partial charge on any atom is -0.339 e. The predicted octanol–water partition coefficient (Wildman–Crippen LogP) is 3.70. The van der Waals surface area contributed by atoms with Gasteiger partial charge in [0.15, 0.2) is 0 Å². The second-order valence-electron chi connectivity index (χ2n) is 6.84. The number of halogens is 1. The predicted molar refractivity (Wildman–Crippen MR) is 97.8 cm³/mol. The summed E-state index contributed by atoms with van der Waals surface area (Å²) in [7, 11) is 0. The highest BCUT2D eigenvalue weighted by atomic mass is 79.9. The van der Waals surface area contributed by atoms with E-state index in [1.807, 2.05) is 34.1 Å². The second kappa shape index (κ2) is 8.15. The van der Waals surface area contributed by atoms with Crippen molar-refractivity contribution in [2.75, 3.05) is 26.2 Å². The molecule has 3 rings (SSSR count). The fourth-order valence-electron chi connectivity index (χ4n) is 3.75. The summed E-state index contributed by atoms with van der Waals surface area (Å²) in [6.45, 7) is 2.55. The number of piperazine rings is 1. The van der Waals surface area contributed by atoms with Crippen molar-refractivity contribution in [1.82, 2.24) is 9.80 Å². The van der Waals surface area contributed by atoms with Gasteiger partial charge in [-0.25, -0.2) is 0 Å². The first kappa shape index (κ1) is 17.5. The Balaban J connectivity index is 1.47. The highest BCUT2D eigenvalue weighted by molar-refractivity contribution is 9.10. The fourth-order valence-corrected chi connectivity index (χ4v) is 4.20. The molecule has 1 aliphatic heterocycles. The molecule has 0 radical (unpaired) electrons. The Kier molecular flexibility index (Phi) is 5.93. The van der Waals surface area contributed by atoms with Crippen LogP contribution in [-0.2, 0) is 4.79 Å². The molecule has 1 heterocycles. The molecular formula is C19H25BrN2O2. The van der Waals surface area contributed by atoms with Crippen molar-refractivity contribution in [3.63, 3.8) is 0 Å². The van der Waals surface area contributed by atoms with Gasteiger partial charge in [-0.3, -0.25) is 9.59 Å². The zero-order valence-corrected chi connectivity index (χ0v) is 15.6. The number of hydrogen-bond acceptors (Lipinski definition) is 2. The topological polar surface area (TPSA) is 40.6 Å². The van der Waals surface area contributed by atoms with E-state index >= 15 is 0 Å². The molecule has 0 spiro atoms. The molecule has 1 saturated carbocycles. The molecule has 1 aromatic carbocycles. The average molecular weight is 393 g/mol. The average Bonchev–Trinajstić information content (AvgIpc) is 3.13. The number of nitrogens with zero attached hydrogens (tertiary/aromatic N) is 2. The molecule has 0 bridgehead atoms. The van der Waals surface area contributed by atoms with Crippen LogP contribution >= 0.6 is 15.9 Å². The number of benzene rings is 1. The maximum atomic E-state index is 12.6. The maximum absolute atomic E-state index is 12.6. The van der Waals surface area contributed by atoms with Crippen molar-refractivity contribution >= 4 is 27.7 Å². The highest BCUT2D eigenvalue weighted by Crippen LogP contribution is 2.28. The van der Waals surface area contributed by atoms with Crippen molar-refractivity contribution in [3.05, 3.63) is 34.3 Å². The van der Waals surface area contributed by atoms with Crippen molar-refractivity contribution in [2.24, 2.45) is 5.92 Å². The van der Waals surface area contributed by atoms with Crippen LogP contribution in [0, 0.1) is 5.92 Å². The second-order valence-corrected chi connectivity index (χ2v) is 7.70. The summed E-state index contributed by atoms with van der Waals surface area (Å²) in [5.74, 6) is 1.06. The maximum Gasteiger partial charge on any atom is 0.255 e. The summed E-state index contributed by atoms with van der Waals surface area (Å²) in [5, 5.41) is 0. The lowest BCUT2D eigenvalue weighted by molar-refractivity contribution is -0.133. The summed E-state index contributed by atoms with van der Waals surface area (Å²) >= 11 is 3.44. The van der Waals surface area contributed by atoms with Crippen molar-refractivity contribution in [1.29, 1.82) is 0 Å². The van der Waals surface area contributed by atoms with Crippen LogP contribution in [0.5, 0.6) is 0 Å². The third kappa shape index (κ3) is 4.18. The van der Waals surface area contributed by atoms with E-state index in [4.69, 9.17) is 0 Å². The van der Waals surface area contributed by atoms with Crippen molar-refractivity contribution < 1.29 is 9.59 Å². The van der Waals surface area contributed by atoms with Gasteiger partial charge in [-0.15, -0.1) is 0 Å². The Morgan fingerprint density at radius 3 is 2.29 bits per heavy atom. The fraction of sp³-hybridized carbons (Fsp3) is 0.579. The van der Waals surface area contributed by atoms with E-state index in [2.05, 4.69) is 15.9 Å². The molecule has 2 fully saturated rings. The molecule has 0 unspecified atom stereocenters. The van der Waals surface area contributed by atoms with Crippen LogP contribution in [0.1, 0.15) is 48.9 Å². The molecule has 2 aliphatic rings. The largest absolute Gasteiger partial charge is 0.339 e. The molecule has 0 aromatic heterocycles. The van der Waals surface area contributed by atoms with Crippen LogP contribution in [0.3, 0.4) is 0 Å². The van der Waals surface area contributed by atoms with Gasteiger partial charge in [0.2, 0.25) is 5.91 Å². The Hall–Kier alpha value is -1.36. The molecule has 1 aromatic rings.